The number of aliphatic carboxylic acids is 1. The second-order valence-electron chi connectivity index (χ2n) is 12.1. The molecule has 0 bridgehead atoms. The number of carboxylic acid groups (broad SMARTS) is 1. The zero-order valence-electron chi connectivity index (χ0n) is 27.2. The maximum atomic E-state index is 13.6. The molecule has 0 aliphatic carbocycles. The Morgan fingerprint density at radius 2 is 1.52 bits per heavy atom. The number of carbonyl (C=O) groups is 7. The number of carboxylic acids is 1. The van der Waals surface area contributed by atoms with Crippen LogP contribution >= 0.6 is 0 Å². The van der Waals surface area contributed by atoms with Crippen molar-refractivity contribution in [2.24, 2.45) is 23.3 Å². The maximum Gasteiger partial charge on any atom is 0.328 e. The summed E-state index contributed by atoms with van der Waals surface area (Å²) in [5.74, 6) is -5.56. The minimum absolute atomic E-state index is 0.0592. The summed E-state index contributed by atoms with van der Waals surface area (Å²) in [5.41, 5.74) is 11.2. The molecule has 17 heteroatoms. The summed E-state index contributed by atoms with van der Waals surface area (Å²) in [6.07, 6.45) is 2.79. The third-order valence-corrected chi connectivity index (χ3v) is 7.40. The molecule has 1 fully saturated rings. The molecule has 0 aromatic carbocycles. The zero-order chi connectivity index (χ0) is 35.0. The monoisotopic (exact) mass is 656 g/mol. The first-order valence-corrected chi connectivity index (χ1v) is 15.7. The van der Waals surface area contributed by atoms with Crippen molar-refractivity contribution < 1.29 is 43.8 Å². The van der Waals surface area contributed by atoms with E-state index in [1.165, 1.54) is 4.90 Å². The third-order valence-electron chi connectivity index (χ3n) is 7.40. The number of likely N-dealkylation sites (tertiary alicyclic amines) is 1. The van der Waals surface area contributed by atoms with Crippen LogP contribution in [0.4, 0.5) is 0 Å². The predicted molar refractivity (Wildman–Crippen MR) is 166 cm³/mol. The molecule has 0 radical (unpaired) electrons. The molecule has 6 amide bonds. The summed E-state index contributed by atoms with van der Waals surface area (Å²) in [7, 11) is 0. The maximum absolute atomic E-state index is 13.6. The van der Waals surface area contributed by atoms with Crippen molar-refractivity contribution in [2.75, 3.05) is 32.8 Å². The van der Waals surface area contributed by atoms with E-state index in [1.54, 1.807) is 13.8 Å². The van der Waals surface area contributed by atoms with E-state index in [0.29, 0.717) is 32.2 Å². The van der Waals surface area contributed by atoms with Gasteiger partial charge in [-0.25, -0.2) is 4.79 Å². The lowest BCUT2D eigenvalue weighted by Gasteiger charge is -2.31. The molecule has 17 nitrogen and oxygen atoms in total. The van der Waals surface area contributed by atoms with Crippen molar-refractivity contribution in [3.05, 3.63) is 0 Å². The minimum atomic E-state index is -1.54. The lowest BCUT2D eigenvalue weighted by atomic mass is 10.0. The van der Waals surface area contributed by atoms with E-state index in [2.05, 4.69) is 26.6 Å². The topological polar surface area (TPSA) is 275 Å². The molecule has 1 aliphatic heterocycles. The van der Waals surface area contributed by atoms with Gasteiger partial charge < -0.3 is 53.2 Å². The zero-order valence-corrected chi connectivity index (χ0v) is 27.2. The summed E-state index contributed by atoms with van der Waals surface area (Å²) >= 11 is 0. The summed E-state index contributed by atoms with van der Waals surface area (Å²) in [6.45, 7) is 6.08. The number of nitrogens with two attached hydrogens (primary N) is 2. The fourth-order valence-corrected chi connectivity index (χ4v) is 4.83. The van der Waals surface area contributed by atoms with E-state index >= 15 is 0 Å². The Morgan fingerprint density at radius 3 is 2.09 bits per heavy atom. The van der Waals surface area contributed by atoms with Crippen molar-refractivity contribution in [2.45, 2.75) is 96.4 Å². The van der Waals surface area contributed by atoms with Gasteiger partial charge >= 0.3 is 5.97 Å². The Hall–Kier alpha value is -3.83. The van der Waals surface area contributed by atoms with Gasteiger partial charge in [0.2, 0.25) is 35.4 Å². The van der Waals surface area contributed by atoms with E-state index in [4.69, 9.17) is 16.6 Å². The molecule has 1 aliphatic rings. The van der Waals surface area contributed by atoms with Gasteiger partial charge in [-0.15, -0.1) is 0 Å². The van der Waals surface area contributed by atoms with Gasteiger partial charge in [-0.2, -0.15) is 0 Å². The lowest BCUT2D eigenvalue weighted by Crippen LogP contribution is -2.59. The number of rotatable bonds is 20. The number of aliphatic hydroxyl groups is 1. The van der Waals surface area contributed by atoms with Gasteiger partial charge in [0.1, 0.15) is 24.2 Å². The van der Waals surface area contributed by atoms with Gasteiger partial charge in [-0.1, -0.05) is 34.1 Å². The fourth-order valence-electron chi connectivity index (χ4n) is 4.83. The van der Waals surface area contributed by atoms with Crippen LogP contribution in [0.3, 0.4) is 0 Å². The Kier molecular flexibility index (Phi) is 17.8. The fraction of sp³-hybridized carbons (Fsp3) is 0.759. The van der Waals surface area contributed by atoms with E-state index in [9.17, 15) is 38.7 Å². The molecular weight excluding hydrogens is 604 g/mol. The van der Waals surface area contributed by atoms with Gasteiger partial charge in [0.15, 0.2) is 0 Å². The van der Waals surface area contributed by atoms with E-state index < -0.39 is 84.8 Å². The van der Waals surface area contributed by atoms with E-state index in [1.807, 2.05) is 13.8 Å². The molecule has 1 heterocycles. The highest BCUT2D eigenvalue weighted by Crippen LogP contribution is 2.21. The van der Waals surface area contributed by atoms with Crippen LogP contribution in [-0.4, -0.2) is 120 Å². The first-order chi connectivity index (χ1) is 21.6. The van der Waals surface area contributed by atoms with Crippen LogP contribution in [-0.2, 0) is 33.6 Å². The van der Waals surface area contributed by atoms with Gasteiger partial charge in [0, 0.05) is 6.54 Å². The van der Waals surface area contributed by atoms with Crippen LogP contribution in [0.25, 0.3) is 0 Å². The van der Waals surface area contributed by atoms with Crippen molar-refractivity contribution in [3.63, 3.8) is 0 Å². The normalized spacial score (nSPS) is 17.1. The summed E-state index contributed by atoms with van der Waals surface area (Å²) in [4.78, 5) is 89.2. The van der Waals surface area contributed by atoms with Crippen LogP contribution in [0.5, 0.6) is 0 Å². The minimum Gasteiger partial charge on any atom is -0.480 e. The number of nitrogens with zero attached hydrogens (tertiary/aromatic N) is 1. The Labute approximate surface area is 269 Å². The van der Waals surface area contributed by atoms with Crippen molar-refractivity contribution in [3.8, 4) is 0 Å². The molecule has 1 saturated heterocycles. The molecule has 0 aromatic rings. The molecule has 0 spiro atoms. The number of carbonyl (C=O) groups excluding carboxylic acids is 6. The van der Waals surface area contributed by atoms with Gasteiger partial charge in [0.25, 0.3) is 0 Å². The van der Waals surface area contributed by atoms with Gasteiger partial charge in [-0.3, -0.25) is 28.8 Å². The number of amides is 6. The van der Waals surface area contributed by atoms with Crippen molar-refractivity contribution in [1.82, 2.24) is 31.5 Å². The molecule has 46 heavy (non-hydrogen) atoms. The van der Waals surface area contributed by atoms with Gasteiger partial charge in [-0.05, 0) is 50.5 Å². The first-order valence-electron chi connectivity index (χ1n) is 15.7. The number of nitrogens with one attached hydrogen (secondary N) is 5. The lowest BCUT2D eigenvalue weighted by molar-refractivity contribution is -0.144. The third kappa shape index (κ3) is 13.7. The predicted octanol–water partition coefficient (Wildman–Crippen LogP) is -3.10. The smallest absolute Gasteiger partial charge is 0.328 e. The summed E-state index contributed by atoms with van der Waals surface area (Å²) in [6, 6.07) is -5.41. The van der Waals surface area contributed by atoms with Crippen LogP contribution < -0.4 is 38.1 Å². The quantitative estimate of drug-likeness (QED) is 0.0592. The number of aliphatic hydroxyl groups excluding tert-OH is 1. The second kappa shape index (κ2) is 20.3. The van der Waals surface area contributed by atoms with Crippen molar-refractivity contribution >= 4 is 41.4 Å². The molecule has 5 atom stereocenters. The molecule has 1 rings (SSSR count). The molecule has 11 N–H and O–H groups in total. The first kappa shape index (κ1) is 40.2. The highest BCUT2D eigenvalue weighted by Gasteiger charge is 2.40. The van der Waals surface area contributed by atoms with Gasteiger partial charge in [0.05, 0.1) is 25.7 Å². The summed E-state index contributed by atoms with van der Waals surface area (Å²) in [5, 5.41) is 30.7. The van der Waals surface area contributed by atoms with E-state index in [-0.39, 0.29) is 31.3 Å². The average Bonchev–Trinajstić information content (AvgIpc) is 3.49. The molecule has 262 valence electrons. The number of hydrogen-bond donors (Lipinski definition) is 9. The molecule has 0 saturated carbocycles. The standard InChI is InChI=1S/C29H52N8O9/c1-16(2)12-19(26(42)35-20(15-38)29(45)46)34-27(43)21-9-7-11-37(21)28(44)24(17(3)4)36-23(40)14-32-22(39)13-33-25(41)18(31)8-5-6-10-30/h16-21,24,38H,5-15,30-31H2,1-4H3,(H,32,39)(H,33,41)(H,34,43)(H,35,42)(H,36,40)(H,45,46)/t18-,19-,20-,21-,24-/m0/s1. The second-order valence-corrected chi connectivity index (χ2v) is 12.1. The largest absolute Gasteiger partial charge is 0.480 e. The van der Waals surface area contributed by atoms with E-state index in [0.717, 1.165) is 6.42 Å². The molecule has 0 aromatic heterocycles. The number of hydrogen-bond acceptors (Lipinski definition) is 10. The molecule has 0 unspecified atom stereocenters. The van der Waals surface area contributed by atoms with Crippen LogP contribution in [0, 0.1) is 11.8 Å². The SMILES string of the molecule is CC(C)C[C@H](NC(=O)[C@@H]1CCCN1C(=O)[C@@H](NC(=O)CNC(=O)CNC(=O)[C@@H](N)CCCCN)C(C)C)C(=O)N[C@@H](CO)C(=O)O. The van der Waals surface area contributed by atoms with Crippen LogP contribution in [0.15, 0.2) is 0 Å². The Balaban J connectivity index is 2.79. The average molecular weight is 657 g/mol. The van der Waals surface area contributed by atoms with Crippen molar-refractivity contribution in [1.29, 1.82) is 0 Å². The highest BCUT2D eigenvalue weighted by molar-refractivity contribution is 5.96. The molecular formula is C29H52N8O9. The summed E-state index contributed by atoms with van der Waals surface area (Å²) < 4.78 is 0. The number of unbranched alkanes of at least 4 members (excludes halogenated alkanes) is 1. The Morgan fingerprint density at radius 1 is 0.870 bits per heavy atom. The Bertz CT molecular complexity index is 1070. The van der Waals surface area contributed by atoms with Crippen LogP contribution in [0.1, 0.15) is 66.2 Å². The highest BCUT2D eigenvalue weighted by atomic mass is 16.4. The van der Waals surface area contributed by atoms with Crippen LogP contribution in [0.2, 0.25) is 0 Å².